The molecular weight excluding hydrogens is 248 g/mol. The largest absolute Gasteiger partial charge is 0.478 e. The standard InChI is InChI=1S/C14H14O5/c1-4-12(19-14(17)9(2)3)18-11-7-5-10(6-8-11)13(15)16/h4-8,12H,1-2H2,3H3,(H,15,16). The lowest BCUT2D eigenvalue weighted by molar-refractivity contribution is -0.152. The fourth-order valence-electron chi connectivity index (χ4n) is 1.14. The van der Waals surface area contributed by atoms with Crippen LogP contribution in [-0.2, 0) is 9.53 Å². The molecule has 1 aromatic carbocycles. The van der Waals surface area contributed by atoms with Gasteiger partial charge in [0.1, 0.15) is 5.75 Å². The second-order valence-electron chi connectivity index (χ2n) is 3.74. The van der Waals surface area contributed by atoms with E-state index in [1.807, 2.05) is 0 Å². The maximum atomic E-state index is 11.3. The molecule has 0 aliphatic carbocycles. The number of aromatic carboxylic acids is 1. The highest BCUT2D eigenvalue weighted by Gasteiger charge is 2.13. The van der Waals surface area contributed by atoms with E-state index in [0.29, 0.717) is 5.75 Å². The van der Waals surface area contributed by atoms with E-state index < -0.39 is 18.2 Å². The molecule has 0 saturated heterocycles. The van der Waals surface area contributed by atoms with Crippen molar-refractivity contribution in [1.29, 1.82) is 0 Å². The van der Waals surface area contributed by atoms with E-state index >= 15 is 0 Å². The van der Waals surface area contributed by atoms with E-state index in [1.165, 1.54) is 37.3 Å². The summed E-state index contributed by atoms with van der Waals surface area (Å²) in [5, 5.41) is 8.75. The Kier molecular flexibility index (Phi) is 4.88. The summed E-state index contributed by atoms with van der Waals surface area (Å²) in [6, 6.07) is 5.71. The van der Waals surface area contributed by atoms with Crippen molar-refractivity contribution in [3.8, 4) is 5.75 Å². The normalized spacial score (nSPS) is 11.2. The molecule has 0 saturated carbocycles. The molecular formula is C14H14O5. The zero-order valence-electron chi connectivity index (χ0n) is 10.5. The minimum absolute atomic E-state index is 0.140. The summed E-state index contributed by atoms with van der Waals surface area (Å²) in [6.45, 7) is 8.46. The molecule has 19 heavy (non-hydrogen) atoms. The predicted molar refractivity (Wildman–Crippen MR) is 68.9 cm³/mol. The number of carboxylic acids is 1. The van der Waals surface area contributed by atoms with Gasteiger partial charge in [0.15, 0.2) is 0 Å². The number of carbonyl (C=O) groups is 2. The number of carboxylic acid groups (broad SMARTS) is 1. The van der Waals surface area contributed by atoms with Gasteiger partial charge in [0.05, 0.1) is 5.56 Å². The van der Waals surface area contributed by atoms with Crippen LogP contribution in [0.2, 0.25) is 0 Å². The summed E-state index contributed by atoms with van der Waals surface area (Å²) in [7, 11) is 0. The number of carbonyl (C=O) groups excluding carboxylic acids is 1. The first kappa shape index (κ1) is 14.5. The first-order valence-corrected chi connectivity index (χ1v) is 5.43. The van der Waals surface area contributed by atoms with Crippen molar-refractivity contribution >= 4 is 11.9 Å². The Bertz CT molecular complexity index is 501. The molecule has 0 fully saturated rings. The molecule has 5 heteroatoms. The van der Waals surface area contributed by atoms with Crippen molar-refractivity contribution in [2.45, 2.75) is 13.2 Å². The average molecular weight is 262 g/mol. The smallest absolute Gasteiger partial charge is 0.336 e. The van der Waals surface area contributed by atoms with Gasteiger partial charge in [-0.25, -0.2) is 9.59 Å². The molecule has 0 aromatic heterocycles. The number of rotatable bonds is 6. The van der Waals surface area contributed by atoms with E-state index in [-0.39, 0.29) is 11.1 Å². The Balaban J connectivity index is 2.70. The fourth-order valence-corrected chi connectivity index (χ4v) is 1.14. The third-order valence-corrected chi connectivity index (χ3v) is 2.12. The van der Waals surface area contributed by atoms with Crippen LogP contribution in [0.15, 0.2) is 49.1 Å². The van der Waals surface area contributed by atoms with Gasteiger partial charge in [-0.1, -0.05) is 13.2 Å². The van der Waals surface area contributed by atoms with Crippen molar-refractivity contribution in [2.24, 2.45) is 0 Å². The van der Waals surface area contributed by atoms with Crippen LogP contribution < -0.4 is 4.74 Å². The van der Waals surface area contributed by atoms with E-state index in [0.717, 1.165) is 0 Å². The maximum absolute atomic E-state index is 11.3. The molecule has 1 rings (SSSR count). The average Bonchev–Trinajstić information content (AvgIpc) is 2.38. The summed E-state index contributed by atoms with van der Waals surface area (Å²) in [5.41, 5.74) is 0.387. The van der Waals surface area contributed by atoms with Crippen LogP contribution in [0, 0.1) is 0 Å². The quantitative estimate of drug-likeness (QED) is 0.369. The summed E-state index contributed by atoms with van der Waals surface area (Å²) in [4.78, 5) is 22.0. The Morgan fingerprint density at radius 1 is 1.32 bits per heavy atom. The minimum Gasteiger partial charge on any atom is -0.478 e. The lowest BCUT2D eigenvalue weighted by atomic mass is 10.2. The van der Waals surface area contributed by atoms with Gasteiger partial charge in [0.25, 0.3) is 6.29 Å². The summed E-state index contributed by atoms with van der Waals surface area (Å²) in [5.74, 6) is -1.25. The first-order valence-electron chi connectivity index (χ1n) is 5.43. The molecule has 100 valence electrons. The molecule has 1 N–H and O–H groups in total. The Morgan fingerprint density at radius 3 is 2.32 bits per heavy atom. The van der Waals surface area contributed by atoms with Gasteiger partial charge in [0.2, 0.25) is 0 Å². The van der Waals surface area contributed by atoms with Crippen LogP contribution in [0.25, 0.3) is 0 Å². The number of ether oxygens (including phenoxy) is 2. The van der Waals surface area contributed by atoms with Crippen molar-refractivity contribution in [3.05, 3.63) is 54.6 Å². The topological polar surface area (TPSA) is 72.8 Å². The zero-order chi connectivity index (χ0) is 14.4. The van der Waals surface area contributed by atoms with Crippen molar-refractivity contribution < 1.29 is 24.2 Å². The Labute approximate surface area is 110 Å². The van der Waals surface area contributed by atoms with Gasteiger partial charge in [-0.2, -0.15) is 0 Å². The van der Waals surface area contributed by atoms with Crippen molar-refractivity contribution in [3.63, 3.8) is 0 Å². The number of hydrogen-bond donors (Lipinski definition) is 1. The van der Waals surface area contributed by atoms with Crippen LogP contribution in [-0.4, -0.2) is 23.3 Å². The Morgan fingerprint density at radius 2 is 1.89 bits per heavy atom. The number of esters is 1. The Hall–Kier alpha value is -2.56. The highest BCUT2D eigenvalue weighted by Crippen LogP contribution is 2.15. The highest BCUT2D eigenvalue weighted by molar-refractivity contribution is 5.87. The number of benzene rings is 1. The van der Waals surface area contributed by atoms with E-state index in [4.69, 9.17) is 14.6 Å². The lowest BCUT2D eigenvalue weighted by Gasteiger charge is -2.16. The van der Waals surface area contributed by atoms with Gasteiger partial charge in [-0.3, -0.25) is 0 Å². The van der Waals surface area contributed by atoms with Gasteiger partial charge in [0, 0.05) is 5.57 Å². The van der Waals surface area contributed by atoms with E-state index in [1.54, 1.807) is 0 Å². The van der Waals surface area contributed by atoms with E-state index in [2.05, 4.69) is 13.2 Å². The predicted octanol–water partition coefficient (Wildman–Crippen LogP) is 2.40. The monoisotopic (exact) mass is 262 g/mol. The third-order valence-electron chi connectivity index (χ3n) is 2.12. The van der Waals surface area contributed by atoms with Crippen LogP contribution >= 0.6 is 0 Å². The summed E-state index contributed by atoms with van der Waals surface area (Å²) in [6.07, 6.45) is 0.353. The second kappa shape index (κ2) is 6.39. The zero-order valence-corrected chi connectivity index (χ0v) is 10.5. The SMILES string of the molecule is C=CC(OC(=O)C(=C)C)Oc1ccc(C(=O)O)cc1. The van der Waals surface area contributed by atoms with Crippen molar-refractivity contribution in [1.82, 2.24) is 0 Å². The molecule has 0 bridgehead atoms. The fraction of sp³-hybridized carbons (Fsp3) is 0.143. The molecule has 0 spiro atoms. The van der Waals surface area contributed by atoms with Gasteiger partial charge in [-0.05, 0) is 37.3 Å². The van der Waals surface area contributed by atoms with Crippen LogP contribution in [0.4, 0.5) is 0 Å². The molecule has 5 nitrogen and oxygen atoms in total. The van der Waals surface area contributed by atoms with Gasteiger partial charge >= 0.3 is 11.9 Å². The molecule has 0 radical (unpaired) electrons. The van der Waals surface area contributed by atoms with Crippen LogP contribution in [0.5, 0.6) is 5.75 Å². The second-order valence-corrected chi connectivity index (χ2v) is 3.74. The molecule has 0 aliphatic heterocycles. The first-order chi connectivity index (χ1) is 8.93. The minimum atomic E-state index is -1.03. The lowest BCUT2D eigenvalue weighted by Crippen LogP contribution is -2.22. The molecule has 0 aliphatic rings. The molecule has 0 heterocycles. The highest BCUT2D eigenvalue weighted by atomic mass is 16.7. The molecule has 1 atom stereocenters. The van der Waals surface area contributed by atoms with E-state index in [9.17, 15) is 9.59 Å². The summed E-state index contributed by atoms with van der Waals surface area (Å²) >= 11 is 0. The summed E-state index contributed by atoms with van der Waals surface area (Å²) < 4.78 is 10.3. The van der Waals surface area contributed by atoms with Gasteiger partial charge < -0.3 is 14.6 Å². The molecule has 1 unspecified atom stereocenters. The van der Waals surface area contributed by atoms with Gasteiger partial charge in [-0.15, -0.1) is 0 Å². The van der Waals surface area contributed by atoms with Crippen LogP contribution in [0.1, 0.15) is 17.3 Å². The van der Waals surface area contributed by atoms with Crippen LogP contribution in [0.3, 0.4) is 0 Å². The van der Waals surface area contributed by atoms with Crippen molar-refractivity contribution in [2.75, 3.05) is 0 Å². The molecule has 0 amide bonds. The molecule has 1 aromatic rings. The maximum Gasteiger partial charge on any atom is 0.336 e. The third kappa shape index (κ3) is 4.31. The number of hydrogen-bond acceptors (Lipinski definition) is 4.